The van der Waals surface area contributed by atoms with E-state index in [1.807, 2.05) is 0 Å². The van der Waals surface area contributed by atoms with Crippen LogP contribution in [-0.4, -0.2) is 90.5 Å². The predicted octanol–water partition coefficient (Wildman–Crippen LogP) is 2.37. The number of carbonyl (C=O) groups excluding carboxylic acids is 2. The quantitative estimate of drug-likeness (QED) is 0.178. The first kappa shape index (κ1) is 32.5. The first-order valence-electron chi connectivity index (χ1n) is 9.31. The Balaban J connectivity index is 0.00000324. The molecule has 0 spiro atoms. The molecule has 0 saturated heterocycles. The fraction of sp³-hybridized carbons (Fsp3) is 0. The van der Waals surface area contributed by atoms with Crippen LogP contribution in [0.15, 0.2) is 72.8 Å². The molecule has 0 aliphatic rings. The molecule has 3 aromatic rings. The van der Waals surface area contributed by atoms with Gasteiger partial charge >= 0.3 is 15.6 Å². The second-order valence-electron chi connectivity index (χ2n) is 6.70. The number of anilines is 2. The monoisotopic (exact) mass is 554 g/mol. The van der Waals surface area contributed by atoms with Crippen molar-refractivity contribution in [2.75, 3.05) is 10.6 Å². The van der Waals surface area contributed by atoms with Gasteiger partial charge in [0.2, 0.25) is 0 Å². The molecule has 180 valence electrons. The van der Waals surface area contributed by atoms with Crippen molar-refractivity contribution in [3.63, 3.8) is 0 Å². The Morgan fingerprint density at radius 2 is 0.833 bits per heavy atom. The second kappa shape index (κ2) is 13.9. The normalized spacial score (nSPS) is 10.8. The standard InChI is InChI=1S/C20H18N2O10P2.2Na/c23-19(21-15-5-9-17(10-6-15)31-33(25,26)27)13-1-2-14(4-3-13)20(24)22-16-7-11-18(12-8-16)32-34(28,29)30;;/h1-12H,(H,21,23)(H,22,24)(H2,25,26,27)(H2,28,29,30);;. The number of hydrogen-bond donors (Lipinski definition) is 6. The Morgan fingerprint density at radius 3 is 1.08 bits per heavy atom. The van der Waals surface area contributed by atoms with Crippen LogP contribution < -0.4 is 19.7 Å². The minimum Gasteiger partial charge on any atom is -0.404 e. The van der Waals surface area contributed by atoms with Crippen LogP contribution in [0, 0.1) is 0 Å². The molecule has 0 heterocycles. The molecule has 3 rings (SSSR count). The van der Waals surface area contributed by atoms with Gasteiger partial charge in [-0.3, -0.25) is 29.2 Å². The summed E-state index contributed by atoms with van der Waals surface area (Å²) in [6.45, 7) is 0. The van der Waals surface area contributed by atoms with Gasteiger partial charge in [-0.1, -0.05) is 0 Å². The van der Waals surface area contributed by atoms with Gasteiger partial charge in [0.05, 0.1) is 0 Å². The molecule has 12 nitrogen and oxygen atoms in total. The summed E-state index contributed by atoms with van der Waals surface area (Å²) in [4.78, 5) is 59.9. The molecule has 36 heavy (non-hydrogen) atoms. The summed E-state index contributed by atoms with van der Waals surface area (Å²) < 4.78 is 30.5. The van der Waals surface area contributed by atoms with E-state index in [-0.39, 0.29) is 81.7 Å². The summed E-state index contributed by atoms with van der Waals surface area (Å²) in [5.41, 5.74) is 1.23. The number of rotatable bonds is 8. The molecular formula is C20H18N2Na2O10P2. The average Bonchev–Trinajstić information content (AvgIpc) is 2.74. The Kier molecular flexibility index (Phi) is 12.5. The van der Waals surface area contributed by atoms with E-state index < -0.39 is 27.5 Å². The van der Waals surface area contributed by atoms with Crippen LogP contribution in [0.3, 0.4) is 0 Å². The summed E-state index contributed by atoms with van der Waals surface area (Å²) in [5.74, 6) is -1.08. The smallest absolute Gasteiger partial charge is 0.404 e. The third-order valence-electron chi connectivity index (χ3n) is 4.08. The molecule has 3 aromatic carbocycles. The van der Waals surface area contributed by atoms with Crippen LogP contribution in [-0.2, 0) is 9.13 Å². The largest absolute Gasteiger partial charge is 0.524 e. The van der Waals surface area contributed by atoms with Crippen LogP contribution in [0.1, 0.15) is 20.7 Å². The fourth-order valence-electron chi connectivity index (χ4n) is 2.65. The van der Waals surface area contributed by atoms with Crippen LogP contribution >= 0.6 is 15.6 Å². The van der Waals surface area contributed by atoms with Gasteiger partial charge in [0, 0.05) is 81.6 Å². The molecule has 16 heteroatoms. The van der Waals surface area contributed by atoms with Crippen LogP contribution in [0.4, 0.5) is 11.4 Å². The first-order chi connectivity index (χ1) is 15.9. The summed E-state index contributed by atoms with van der Waals surface area (Å²) in [6.07, 6.45) is 0. The van der Waals surface area contributed by atoms with E-state index in [9.17, 15) is 18.7 Å². The zero-order valence-corrected chi connectivity index (χ0v) is 24.8. The number of carbonyl (C=O) groups is 2. The van der Waals surface area contributed by atoms with Crippen molar-refractivity contribution in [2.24, 2.45) is 0 Å². The molecule has 6 N–H and O–H groups in total. The molecule has 0 atom stereocenters. The molecule has 0 aliphatic carbocycles. The maximum absolute atomic E-state index is 12.4. The van der Waals surface area contributed by atoms with Crippen molar-refractivity contribution in [3.8, 4) is 11.5 Å². The zero-order chi connectivity index (χ0) is 24.9. The average molecular weight is 554 g/mol. The minimum atomic E-state index is -4.68. The van der Waals surface area contributed by atoms with Crippen LogP contribution in [0.25, 0.3) is 0 Å². The van der Waals surface area contributed by atoms with E-state index in [0.29, 0.717) is 11.4 Å². The molecule has 0 aliphatic heterocycles. The Bertz CT molecular complexity index is 1180. The number of phosphoric ester groups is 2. The third kappa shape index (κ3) is 10.9. The molecule has 0 fully saturated rings. The Morgan fingerprint density at radius 1 is 0.556 bits per heavy atom. The Hall–Kier alpha value is -1.50. The van der Waals surface area contributed by atoms with Gasteiger partial charge < -0.3 is 19.7 Å². The molecule has 2 radical (unpaired) electrons. The first-order valence-corrected chi connectivity index (χ1v) is 12.4. The van der Waals surface area contributed by atoms with Gasteiger partial charge in [-0.05, 0) is 72.8 Å². The van der Waals surface area contributed by atoms with Gasteiger partial charge in [0.15, 0.2) is 0 Å². The van der Waals surface area contributed by atoms with E-state index in [1.165, 1.54) is 72.8 Å². The number of phosphoric acid groups is 2. The topological polar surface area (TPSA) is 192 Å². The van der Waals surface area contributed by atoms with Gasteiger partial charge in [-0.2, -0.15) is 0 Å². The van der Waals surface area contributed by atoms with Gasteiger partial charge in [-0.15, -0.1) is 0 Å². The zero-order valence-electron chi connectivity index (χ0n) is 19.1. The molecule has 0 saturated carbocycles. The second-order valence-corrected chi connectivity index (χ2v) is 9.03. The van der Waals surface area contributed by atoms with Crippen molar-refractivity contribution in [1.82, 2.24) is 0 Å². The van der Waals surface area contributed by atoms with E-state index >= 15 is 0 Å². The van der Waals surface area contributed by atoms with E-state index in [4.69, 9.17) is 19.6 Å². The summed E-state index contributed by atoms with van der Waals surface area (Å²) >= 11 is 0. The van der Waals surface area contributed by atoms with Crippen molar-refractivity contribution in [3.05, 3.63) is 83.9 Å². The molecule has 2 amide bonds. The number of benzene rings is 3. The number of amides is 2. The van der Waals surface area contributed by atoms with E-state index in [0.717, 1.165) is 0 Å². The van der Waals surface area contributed by atoms with Crippen molar-refractivity contribution in [2.45, 2.75) is 0 Å². The molecule has 0 unspecified atom stereocenters. The predicted molar refractivity (Wildman–Crippen MR) is 132 cm³/mol. The number of nitrogens with one attached hydrogen (secondary N) is 2. The summed E-state index contributed by atoms with van der Waals surface area (Å²) in [7, 11) is -9.36. The van der Waals surface area contributed by atoms with Crippen molar-refractivity contribution >= 4 is 97.9 Å². The van der Waals surface area contributed by atoms with Gasteiger partial charge in [0.1, 0.15) is 11.5 Å². The molecule has 0 aromatic heterocycles. The van der Waals surface area contributed by atoms with Gasteiger partial charge in [0.25, 0.3) is 11.8 Å². The maximum atomic E-state index is 12.4. The summed E-state index contributed by atoms with van der Waals surface area (Å²) in [6, 6.07) is 16.5. The van der Waals surface area contributed by atoms with E-state index in [1.54, 1.807) is 0 Å². The Labute approximate surface area is 249 Å². The molecular weight excluding hydrogens is 536 g/mol. The summed E-state index contributed by atoms with van der Waals surface area (Å²) in [5, 5.41) is 5.20. The SMILES string of the molecule is O=C(Nc1ccc(OP(=O)(O)O)cc1)c1ccc(C(=O)Nc2ccc(OP(=O)(O)O)cc2)cc1.[Na].[Na]. The fourth-order valence-corrected chi connectivity index (χ4v) is 3.45. The van der Waals surface area contributed by atoms with Gasteiger partial charge in [-0.25, -0.2) is 9.13 Å². The maximum Gasteiger partial charge on any atom is 0.524 e. The minimum absolute atomic E-state index is 0. The van der Waals surface area contributed by atoms with Crippen LogP contribution in [0.5, 0.6) is 11.5 Å². The number of hydrogen-bond acceptors (Lipinski definition) is 6. The molecule has 0 bridgehead atoms. The van der Waals surface area contributed by atoms with Crippen LogP contribution in [0.2, 0.25) is 0 Å². The van der Waals surface area contributed by atoms with Crippen molar-refractivity contribution < 1.29 is 47.3 Å². The van der Waals surface area contributed by atoms with Crippen molar-refractivity contribution in [1.29, 1.82) is 0 Å². The van der Waals surface area contributed by atoms with E-state index in [2.05, 4.69) is 19.7 Å². The third-order valence-corrected chi connectivity index (χ3v) is 4.98.